The maximum absolute atomic E-state index is 5.38. The first-order chi connectivity index (χ1) is 5.83. The lowest BCUT2D eigenvalue weighted by Gasteiger charge is -2.17. The summed E-state index contributed by atoms with van der Waals surface area (Å²) in [5.41, 5.74) is 2.69. The SMILES string of the molecule is COC1c2ccccc2CN1C. The van der Waals surface area contributed by atoms with Gasteiger partial charge in [0, 0.05) is 19.2 Å². The lowest BCUT2D eigenvalue weighted by atomic mass is 10.1. The van der Waals surface area contributed by atoms with Crippen LogP contribution in [0.3, 0.4) is 0 Å². The first-order valence-corrected chi connectivity index (χ1v) is 4.14. The number of hydrogen-bond donors (Lipinski definition) is 0. The smallest absolute Gasteiger partial charge is 0.136 e. The Balaban J connectivity index is 2.40. The molecule has 0 saturated carbocycles. The fourth-order valence-electron chi connectivity index (χ4n) is 1.82. The molecule has 1 atom stereocenters. The summed E-state index contributed by atoms with van der Waals surface area (Å²) < 4.78 is 5.38. The molecule has 1 aliphatic heterocycles. The molecule has 0 radical (unpaired) electrons. The van der Waals surface area contributed by atoms with Gasteiger partial charge in [-0.15, -0.1) is 0 Å². The monoisotopic (exact) mass is 163 g/mol. The average molecular weight is 163 g/mol. The molecule has 2 nitrogen and oxygen atoms in total. The Kier molecular flexibility index (Phi) is 1.87. The molecule has 0 bridgehead atoms. The van der Waals surface area contributed by atoms with Gasteiger partial charge in [0.2, 0.25) is 0 Å². The zero-order valence-electron chi connectivity index (χ0n) is 7.45. The summed E-state index contributed by atoms with van der Waals surface area (Å²) in [5.74, 6) is 0. The number of benzene rings is 1. The second-order valence-electron chi connectivity index (χ2n) is 3.20. The first-order valence-electron chi connectivity index (χ1n) is 4.14. The molecule has 0 N–H and O–H groups in total. The van der Waals surface area contributed by atoms with Crippen molar-refractivity contribution in [2.24, 2.45) is 0 Å². The van der Waals surface area contributed by atoms with Gasteiger partial charge in [-0.05, 0) is 12.6 Å². The number of fused-ring (bicyclic) bond motifs is 1. The van der Waals surface area contributed by atoms with Crippen LogP contribution in [0.4, 0.5) is 0 Å². The van der Waals surface area contributed by atoms with E-state index in [0.29, 0.717) is 0 Å². The molecule has 0 fully saturated rings. The van der Waals surface area contributed by atoms with Gasteiger partial charge in [0.25, 0.3) is 0 Å². The molecule has 0 saturated heterocycles. The Morgan fingerprint density at radius 3 is 2.92 bits per heavy atom. The van der Waals surface area contributed by atoms with E-state index < -0.39 is 0 Å². The van der Waals surface area contributed by atoms with Gasteiger partial charge in [0.1, 0.15) is 6.23 Å². The highest BCUT2D eigenvalue weighted by Gasteiger charge is 2.25. The van der Waals surface area contributed by atoms with E-state index in [4.69, 9.17) is 4.74 Å². The Hall–Kier alpha value is -0.860. The van der Waals surface area contributed by atoms with Gasteiger partial charge in [-0.25, -0.2) is 0 Å². The minimum atomic E-state index is 0.154. The van der Waals surface area contributed by atoms with Crippen LogP contribution in [0.5, 0.6) is 0 Å². The normalized spacial score (nSPS) is 22.7. The molecule has 64 valence electrons. The van der Waals surface area contributed by atoms with Crippen LogP contribution in [-0.2, 0) is 11.3 Å². The van der Waals surface area contributed by atoms with Crippen LogP contribution in [0, 0.1) is 0 Å². The van der Waals surface area contributed by atoms with Crippen LogP contribution >= 0.6 is 0 Å². The Morgan fingerprint density at radius 1 is 1.42 bits per heavy atom. The van der Waals surface area contributed by atoms with E-state index in [2.05, 4.69) is 36.2 Å². The number of nitrogens with zero attached hydrogens (tertiary/aromatic N) is 1. The molecule has 0 aromatic heterocycles. The van der Waals surface area contributed by atoms with E-state index in [1.54, 1.807) is 7.11 Å². The summed E-state index contributed by atoms with van der Waals surface area (Å²) in [6.45, 7) is 0.995. The Labute approximate surface area is 72.8 Å². The maximum Gasteiger partial charge on any atom is 0.136 e. The third-order valence-corrected chi connectivity index (χ3v) is 2.36. The Bertz CT molecular complexity index is 285. The van der Waals surface area contributed by atoms with Crippen molar-refractivity contribution in [3.05, 3.63) is 35.4 Å². The van der Waals surface area contributed by atoms with Crippen molar-refractivity contribution in [2.75, 3.05) is 14.2 Å². The average Bonchev–Trinajstić information content (AvgIpc) is 2.40. The summed E-state index contributed by atoms with van der Waals surface area (Å²) in [6.07, 6.45) is 0.154. The predicted octanol–water partition coefficient (Wildman–Crippen LogP) is 1.78. The molecular formula is C10H13NO. The highest BCUT2D eigenvalue weighted by atomic mass is 16.5. The summed E-state index contributed by atoms with van der Waals surface area (Å²) in [5, 5.41) is 0. The van der Waals surface area contributed by atoms with Gasteiger partial charge in [0.05, 0.1) is 0 Å². The number of rotatable bonds is 1. The van der Waals surface area contributed by atoms with Crippen LogP contribution in [0.15, 0.2) is 24.3 Å². The van der Waals surface area contributed by atoms with E-state index in [9.17, 15) is 0 Å². The van der Waals surface area contributed by atoms with Crippen molar-refractivity contribution in [2.45, 2.75) is 12.8 Å². The Morgan fingerprint density at radius 2 is 2.17 bits per heavy atom. The molecule has 1 aromatic carbocycles. The topological polar surface area (TPSA) is 12.5 Å². The van der Waals surface area contributed by atoms with Crippen LogP contribution in [0.2, 0.25) is 0 Å². The molecule has 1 heterocycles. The van der Waals surface area contributed by atoms with Crippen molar-refractivity contribution in [1.29, 1.82) is 0 Å². The number of hydrogen-bond acceptors (Lipinski definition) is 2. The fraction of sp³-hybridized carbons (Fsp3) is 0.400. The molecule has 0 spiro atoms. The molecule has 1 unspecified atom stereocenters. The third-order valence-electron chi connectivity index (χ3n) is 2.36. The van der Waals surface area contributed by atoms with Crippen molar-refractivity contribution in [3.63, 3.8) is 0 Å². The summed E-state index contributed by atoms with van der Waals surface area (Å²) in [6, 6.07) is 8.42. The molecule has 1 aliphatic rings. The quantitative estimate of drug-likeness (QED) is 0.625. The van der Waals surface area contributed by atoms with Crippen LogP contribution in [-0.4, -0.2) is 19.1 Å². The second kappa shape index (κ2) is 2.88. The molecule has 2 rings (SSSR count). The number of ether oxygens (including phenoxy) is 1. The molecule has 2 heteroatoms. The van der Waals surface area contributed by atoms with E-state index in [-0.39, 0.29) is 6.23 Å². The van der Waals surface area contributed by atoms with Crippen LogP contribution < -0.4 is 0 Å². The lowest BCUT2D eigenvalue weighted by molar-refractivity contribution is -0.00922. The van der Waals surface area contributed by atoms with Gasteiger partial charge in [-0.3, -0.25) is 4.90 Å². The minimum Gasteiger partial charge on any atom is -0.362 e. The van der Waals surface area contributed by atoms with Crippen molar-refractivity contribution < 1.29 is 4.74 Å². The fourth-order valence-corrected chi connectivity index (χ4v) is 1.82. The molecular weight excluding hydrogens is 150 g/mol. The van der Waals surface area contributed by atoms with Crippen molar-refractivity contribution in [1.82, 2.24) is 4.90 Å². The van der Waals surface area contributed by atoms with Crippen molar-refractivity contribution >= 4 is 0 Å². The predicted molar refractivity (Wildman–Crippen MR) is 47.7 cm³/mol. The maximum atomic E-state index is 5.38. The molecule has 1 aromatic rings. The molecule has 0 amide bonds. The molecule has 12 heavy (non-hydrogen) atoms. The minimum absolute atomic E-state index is 0.154. The highest BCUT2D eigenvalue weighted by molar-refractivity contribution is 5.32. The van der Waals surface area contributed by atoms with E-state index in [1.165, 1.54) is 11.1 Å². The van der Waals surface area contributed by atoms with Gasteiger partial charge in [-0.1, -0.05) is 24.3 Å². The largest absolute Gasteiger partial charge is 0.362 e. The van der Waals surface area contributed by atoms with Gasteiger partial charge < -0.3 is 4.74 Å². The van der Waals surface area contributed by atoms with E-state index in [1.807, 2.05) is 0 Å². The summed E-state index contributed by atoms with van der Waals surface area (Å²) in [4.78, 5) is 2.20. The number of methoxy groups -OCH3 is 1. The van der Waals surface area contributed by atoms with Gasteiger partial charge >= 0.3 is 0 Å². The lowest BCUT2D eigenvalue weighted by Crippen LogP contribution is -2.17. The zero-order valence-corrected chi connectivity index (χ0v) is 7.45. The third kappa shape index (κ3) is 1.04. The standard InChI is InChI=1S/C10H13NO/c1-11-7-8-5-3-4-6-9(8)10(11)12-2/h3-6,10H,7H2,1-2H3. The highest BCUT2D eigenvalue weighted by Crippen LogP contribution is 2.31. The summed E-state index contributed by atoms with van der Waals surface area (Å²) >= 11 is 0. The first kappa shape index (κ1) is 7.77. The van der Waals surface area contributed by atoms with E-state index in [0.717, 1.165) is 6.54 Å². The van der Waals surface area contributed by atoms with Crippen LogP contribution in [0.1, 0.15) is 17.4 Å². The second-order valence-corrected chi connectivity index (χ2v) is 3.20. The zero-order chi connectivity index (χ0) is 8.55. The molecule has 0 aliphatic carbocycles. The van der Waals surface area contributed by atoms with E-state index >= 15 is 0 Å². The van der Waals surface area contributed by atoms with Gasteiger partial charge in [-0.2, -0.15) is 0 Å². The van der Waals surface area contributed by atoms with Gasteiger partial charge in [0.15, 0.2) is 0 Å². The van der Waals surface area contributed by atoms with Crippen LogP contribution in [0.25, 0.3) is 0 Å². The summed E-state index contributed by atoms with van der Waals surface area (Å²) in [7, 11) is 3.83. The van der Waals surface area contributed by atoms with Crippen molar-refractivity contribution in [3.8, 4) is 0 Å².